The third-order valence-corrected chi connectivity index (χ3v) is 4.72. The van der Waals surface area contributed by atoms with Gasteiger partial charge in [-0.3, -0.25) is 4.79 Å². The molecule has 0 heterocycles. The standard InChI is InChI=1S/C19H24N2O2S/c1-23-16-11-9-15(10-12-16)14-24-13-5-4-8-19(22)21-18-7-3-2-6-17(18)20/h2-3,6-7,9-12H,4-5,8,13-14,20H2,1H3,(H,21,22). The number of hydrogen-bond acceptors (Lipinski definition) is 4. The third-order valence-electron chi connectivity index (χ3n) is 3.61. The van der Waals surface area contributed by atoms with E-state index in [0.29, 0.717) is 17.8 Å². The fourth-order valence-corrected chi connectivity index (χ4v) is 3.21. The molecule has 0 aliphatic heterocycles. The van der Waals surface area contributed by atoms with Gasteiger partial charge >= 0.3 is 0 Å². The Hall–Kier alpha value is -2.14. The van der Waals surface area contributed by atoms with Gasteiger partial charge in [-0.25, -0.2) is 0 Å². The van der Waals surface area contributed by atoms with E-state index in [1.807, 2.05) is 42.1 Å². The minimum absolute atomic E-state index is 0.0213. The average Bonchev–Trinajstić information content (AvgIpc) is 2.60. The summed E-state index contributed by atoms with van der Waals surface area (Å²) in [5.74, 6) is 2.94. The number of benzene rings is 2. The van der Waals surface area contributed by atoms with Crippen molar-refractivity contribution in [3.63, 3.8) is 0 Å². The van der Waals surface area contributed by atoms with Crippen LogP contribution in [0.2, 0.25) is 0 Å². The quantitative estimate of drug-likeness (QED) is 0.525. The van der Waals surface area contributed by atoms with E-state index in [0.717, 1.165) is 30.1 Å². The number of amides is 1. The van der Waals surface area contributed by atoms with Crippen LogP contribution in [0.15, 0.2) is 48.5 Å². The topological polar surface area (TPSA) is 64.3 Å². The average molecular weight is 344 g/mol. The molecule has 24 heavy (non-hydrogen) atoms. The van der Waals surface area contributed by atoms with Gasteiger partial charge in [0.25, 0.3) is 0 Å². The van der Waals surface area contributed by atoms with Gasteiger partial charge in [0.15, 0.2) is 0 Å². The van der Waals surface area contributed by atoms with E-state index in [4.69, 9.17) is 10.5 Å². The summed E-state index contributed by atoms with van der Waals surface area (Å²) in [5.41, 5.74) is 8.39. The maximum atomic E-state index is 11.9. The van der Waals surface area contributed by atoms with Crippen LogP contribution in [0.3, 0.4) is 0 Å². The number of carbonyl (C=O) groups excluding carboxylic acids is 1. The van der Waals surface area contributed by atoms with Crippen molar-refractivity contribution in [2.75, 3.05) is 23.9 Å². The van der Waals surface area contributed by atoms with Gasteiger partial charge < -0.3 is 15.8 Å². The maximum Gasteiger partial charge on any atom is 0.224 e. The lowest BCUT2D eigenvalue weighted by Gasteiger charge is -2.07. The van der Waals surface area contributed by atoms with Crippen molar-refractivity contribution in [1.29, 1.82) is 0 Å². The normalized spacial score (nSPS) is 10.4. The van der Waals surface area contributed by atoms with Gasteiger partial charge in [-0.15, -0.1) is 0 Å². The Morgan fingerprint density at radius 3 is 2.58 bits per heavy atom. The first kappa shape index (κ1) is 18.2. The van der Waals surface area contributed by atoms with Gasteiger partial charge in [-0.2, -0.15) is 11.8 Å². The Morgan fingerprint density at radius 2 is 1.88 bits per heavy atom. The number of nitrogens with two attached hydrogens (primary N) is 1. The Bertz CT molecular complexity index is 644. The molecule has 0 aromatic heterocycles. The fraction of sp³-hybridized carbons (Fsp3) is 0.316. The van der Waals surface area contributed by atoms with Gasteiger partial charge in [0, 0.05) is 12.2 Å². The van der Waals surface area contributed by atoms with Crippen molar-refractivity contribution < 1.29 is 9.53 Å². The zero-order chi connectivity index (χ0) is 17.2. The minimum Gasteiger partial charge on any atom is -0.497 e. The molecule has 5 heteroatoms. The number of nitrogen functional groups attached to an aromatic ring is 1. The molecule has 0 spiro atoms. The monoisotopic (exact) mass is 344 g/mol. The van der Waals surface area contributed by atoms with Crippen molar-refractivity contribution in [1.82, 2.24) is 0 Å². The van der Waals surface area contributed by atoms with Crippen LogP contribution in [0.25, 0.3) is 0 Å². The predicted octanol–water partition coefficient (Wildman–Crippen LogP) is 4.32. The van der Waals surface area contributed by atoms with Crippen LogP contribution in [-0.4, -0.2) is 18.8 Å². The summed E-state index contributed by atoms with van der Waals surface area (Å²) in [6.07, 6.45) is 2.43. The van der Waals surface area contributed by atoms with Crippen LogP contribution < -0.4 is 15.8 Å². The van der Waals surface area contributed by atoms with E-state index in [1.165, 1.54) is 5.56 Å². The number of hydrogen-bond donors (Lipinski definition) is 2. The van der Waals surface area contributed by atoms with E-state index in [-0.39, 0.29) is 5.91 Å². The zero-order valence-corrected chi connectivity index (χ0v) is 14.8. The Kier molecular flexibility index (Phi) is 7.49. The molecule has 2 aromatic carbocycles. The van der Waals surface area contributed by atoms with Crippen LogP contribution in [0, 0.1) is 0 Å². The summed E-state index contributed by atoms with van der Waals surface area (Å²) < 4.78 is 5.15. The van der Waals surface area contributed by atoms with Crippen molar-refractivity contribution in [2.45, 2.75) is 25.0 Å². The molecule has 0 fully saturated rings. The van der Waals surface area contributed by atoms with Gasteiger partial charge in [0.2, 0.25) is 5.91 Å². The van der Waals surface area contributed by atoms with Gasteiger partial charge in [0.05, 0.1) is 18.5 Å². The van der Waals surface area contributed by atoms with Gasteiger partial charge in [-0.05, 0) is 48.4 Å². The number of nitrogens with one attached hydrogen (secondary N) is 1. The number of para-hydroxylation sites is 2. The van der Waals surface area contributed by atoms with Crippen molar-refractivity contribution in [2.24, 2.45) is 0 Å². The number of rotatable bonds is 9. The summed E-state index contributed by atoms with van der Waals surface area (Å²) in [4.78, 5) is 11.9. The number of carbonyl (C=O) groups is 1. The first-order chi connectivity index (χ1) is 11.7. The van der Waals surface area contributed by atoms with Crippen LogP contribution in [0.5, 0.6) is 5.75 Å². The van der Waals surface area contributed by atoms with Crippen molar-refractivity contribution >= 4 is 29.0 Å². The summed E-state index contributed by atoms with van der Waals surface area (Å²) in [6, 6.07) is 15.5. The largest absolute Gasteiger partial charge is 0.497 e. The molecule has 0 atom stereocenters. The molecule has 0 aliphatic rings. The van der Waals surface area contributed by atoms with E-state index in [1.54, 1.807) is 13.2 Å². The molecule has 2 aromatic rings. The second kappa shape index (κ2) is 9.88. The lowest BCUT2D eigenvalue weighted by molar-refractivity contribution is -0.116. The number of thioether (sulfide) groups is 1. The smallest absolute Gasteiger partial charge is 0.224 e. The fourth-order valence-electron chi connectivity index (χ4n) is 2.23. The van der Waals surface area contributed by atoms with Crippen LogP contribution in [0.4, 0.5) is 11.4 Å². The van der Waals surface area contributed by atoms with E-state index in [9.17, 15) is 4.79 Å². The first-order valence-corrected chi connectivity index (χ1v) is 9.19. The summed E-state index contributed by atoms with van der Waals surface area (Å²) >= 11 is 1.89. The zero-order valence-electron chi connectivity index (χ0n) is 14.0. The predicted molar refractivity (Wildman–Crippen MR) is 102 cm³/mol. The third kappa shape index (κ3) is 6.16. The lowest BCUT2D eigenvalue weighted by Crippen LogP contribution is -2.12. The van der Waals surface area contributed by atoms with Crippen LogP contribution in [-0.2, 0) is 10.5 Å². The molecule has 0 bridgehead atoms. The second-order valence-corrected chi connectivity index (χ2v) is 6.60. The second-order valence-electron chi connectivity index (χ2n) is 5.49. The Morgan fingerprint density at radius 1 is 1.12 bits per heavy atom. The minimum atomic E-state index is 0.0213. The molecule has 4 nitrogen and oxygen atoms in total. The molecule has 0 aliphatic carbocycles. The molecule has 0 radical (unpaired) electrons. The molecule has 0 saturated carbocycles. The highest BCUT2D eigenvalue weighted by Crippen LogP contribution is 2.19. The van der Waals surface area contributed by atoms with Crippen molar-refractivity contribution in [3.8, 4) is 5.75 Å². The summed E-state index contributed by atoms with van der Waals surface area (Å²) in [6.45, 7) is 0. The maximum absolute atomic E-state index is 11.9. The van der Waals surface area contributed by atoms with Gasteiger partial charge in [0.1, 0.15) is 5.75 Å². The SMILES string of the molecule is COc1ccc(CSCCCCC(=O)Nc2ccccc2N)cc1. The van der Waals surface area contributed by atoms with E-state index in [2.05, 4.69) is 17.4 Å². The highest BCUT2D eigenvalue weighted by atomic mass is 32.2. The number of anilines is 2. The molecule has 0 unspecified atom stereocenters. The molecule has 2 rings (SSSR count). The highest BCUT2D eigenvalue weighted by Gasteiger charge is 2.04. The first-order valence-electron chi connectivity index (χ1n) is 8.04. The molecular formula is C19H24N2O2S. The lowest BCUT2D eigenvalue weighted by atomic mass is 10.2. The molecule has 0 saturated heterocycles. The Balaban J connectivity index is 1.57. The van der Waals surface area contributed by atoms with Crippen LogP contribution >= 0.6 is 11.8 Å². The summed E-state index contributed by atoms with van der Waals surface area (Å²) in [7, 11) is 1.67. The number of unbranched alkanes of at least 4 members (excludes halogenated alkanes) is 1. The molecule has 3 N–H and O–H groups in total. The molecular weight excluding hydrogens is 320 g/mol. The molecule has 1 amide bonds. The van der Waals surface area contributed by atoms with Crippen LogP contribution in [0.1, 0.15) is 24.8 Å². The van der Waals surface area contributed by atoms with Crippen molar-refractivity contribution in [3.05, 3.63) is 54.1 Å². The number of methoxy groups -OCH3 is 1. The van der Waals surface area contributed by atoms with E-state index < -0.39 is 0 Å². The highest BCUT2D eigenvalue weighted by molar-refractivity contribution is 7.98. The van der Waals surface area contributed by atoms with Gasteiger partial charge in [-0.1, -0.05) is 24.3 Å². The molecule has 128 valence electrons. The number of ether oxygens (including phenoxy) is 1. The summed E-state index contributed by atoms with van der Waals surface area (Å²) in [5, 5.41) is 2.86. The van der Waals surface area contributed by atoms with E-state index >= 15 is 0 Å². The Labute approximate surface area is 147 Å².